The van der Waals surface area contributed by atoms with Gasteiger partial charge in [0.2, 0.25) is 0 Å². The predicted octanol–water partition coefficient (Wildman–Crippen LogP) is 4.01. The zero-order valence-corrected chi connectivity index (χ0v) is 13.7. The number of nitrogens with zero attached hydrogens (tertiary/aromatic N) is 1. The van der Waals surface area contributed by atoms with Crippen molar-refractivity contribution >= 4 is 21.6 Å². The standard InChI is InChI=1S/C17H21BrN2/c1-13-3-6-16(18)11-15(13)9-10-20(2)12-14-4-7-17(19)8-5-14/h3-8,11H,9-10,12,19H2,1-2H3. The number of hydrogen-bond acceptors (Lipinski definition) is 2. The Balaban J connectivity index is 1.90. The molecule has 2 nitrogen and oxygen atoms in total. The molecule has 0 aromatic heterocycles. The fourth-order valence-corrected chi connectivity index (χ4v) is 2.64. The Morgan fingerprint density at radius 2 is 1.80 bits per heavy atom. The molecule has 0 fully saturated rings. The average molecular weight is 333 g/mol. The summed E-state index contributed by atoms with van der Waals surface area (Å²) >= 11 is 3.54. The largest absolute Gasteiger partial charge is 0.399 e. The summed E-state index contributed by atoms with van der Waals surface area (Å²) < 4.78 is 1.15. The lowest BCUT2D eigenvalue weighted by molar-refractivity contribution is 0.331. The molecule has 2 aromatic rings. The van der Waals surface area contributed by atoms with Gasteiger partial charge in [-0.1, -0.05) is 34.1 Å². The summed E-state index contributed by atoms with van der Waals surface area (Å²) in [4.78, 5) is 2.34. The van der Waals surface area contributed by atoms with Crippen LogP contribution in [0.25, 0.3) is 0 Å². The van der Waals surface area contributed by atoms with Crippen LogP contribution in [0.2, 0.25) is 0 Å². The normalized spacial score (nSPS) is 11.0. The van der Waals surface area contributed by atoms with E-state index in [1.807, 2.05) is 12.1 Å². The van der Waals surface area contributed by atoms with Gasteiger partial charge in [0.1, 0.15) is 0 Å². The monoisotopic (exact) mass is 332 g/mol. The molecule has 0 atom stereocenters. The molecule has 0 amide bonds. The lowest BCUT2D eigenvalue weighted by Crippen LogP contribution is -2.21. The van der Waals surface area contributed by atoms with E-state index in [0.29, 0.717) is 0 Å². The molecule has 2 N–H and O–H groups in total. The number of hydrogen-bond donors (Lipinski definition) is 1. The molecule has 0 aliphatic rings. The van der Waals surface area contributed by atoms with E-state index in [1.54, 1.807) is 0 Å². The highest BCUT2D eigenvalue weighted by molar-refractivity contribution is 9.10. The molecule has 0 bridgehead atoms. The second kappa shape index (κ2) is 6.91. The summed E-state index contributed by atoms with van der Waals surface area (Å²) in [6, 6.07) is 14.6. The Hall–Kier alpha value is -1.32. The van der Waals surface area contributed by atoms with Crippen molar-refractivity contribution < 1.29 is 0 Å². The Labute approximate surface area is 129 Å². The summed E-state index contributed by atoms with van der Waals surface area (Å²) in [6.07, 6.45) is 1.07. The lowest BCUT2D eigenvalue weighted by Gasteiger charge is -2.17. The SMILES string of the molecule is Cc1ccc(Br)cc1CCN(C)Cc1ccc(N)cc1. The van der Waals surface area contributed by atoms with Gasteiger partial charge in [-0.15, -0.1) is 0 Å². The quantitative estimate of drug-likeness (QED) is 0.838. The maximum atomic E-state index is 5.70. The molecule has 3 heteroatoms. The molecule has 0 radical (unpaired) electrons. The van der Waals surface area contributed by atoms with Crippen molar-refractivity contribution in [2.45, 2.75) is 19.9 Å². The molecule has 0 saturated heterocycles. The van der Waals surface area contributed by atoms with E-state index in [0.717, 1.165) is 29.7 Å². The van der Waals surface area contributed by atoms with Crippen LogP contribution in [0.5, 0.6) is 0 Å². The Kier molecular flexibility index (Phi) is 5.21. The van der Waals surface area contributed by atoms with Gasteiger partial charge in [-0.3, -0.25) is 0 Å². The van der Waals surface area contributed by atoms with Crippen LogP contribution >= 0.6 is 15.9 Å². The first kappa shape index (κ1) is 15.1. The molecular formula is C17H21BrN2. The molecular weight excluding hydrogens is 312 g/mol. The van der Waals surface area contributed by atoms with E-state index in [4.69, 9.17) is 5.73 Å². The van der Waals surface area contributed by atoms with Gasteiger partial charge in [0.25, 0.3) is 0 Å². The van der Waals surface area contributed by atoms with Crippen LogP contribution in [0.3, 0.4) is 0 Å². The van der Waals surface area contributed by atoms with Crippen LogP contribution in [0, 0.1) is 6.92 Å². The van der Waals surface area contributed by atoms with Crippen molar-refractivity contribution in [3.63, 3.8) is 0 Å². The van der Waals surface area contributed by atoms with E-state index < -0.39 is 0 Å². The summed E-state index contributed by atoms with van der Waals surface area (Å²) in [6.45, 7) is 4.16. The first-order valence-electron chi connectivity index (χ1n) is 6.82. The van der Waals surface area contributed by atoms with E-state index >= 15 is 0 Å². The highest BCUT2D eigenvalue weighted by Gasteiger charge is 2.04. The number of rotatable bonds is 5. The van der Waals surface area contributed by atoms with Crippen molar-refractivity contribution in [2.75, 3.05) is 19.3 Å². The molecule has 20 heavy (non-hydrogen) atoms. The van der Waals surface area contributed by atoms with Gasteiger partial charge in [0.05, 0.1) is 0 Å². The molecule has 0 unspecified atom stereocenters. The van der Waals surface area contributed by atoms with E-state index in [2.05, 4.69) is 65.1 Å². The highest BCUT2D eigenvalue weighted by Crippen LogP contribution is 2.17. The van der Waals surface area contributed by atoms with E-state index in [9.17, 15) is 0 Å². The number of anilines is 1. The number of nitrogens with two attached hydrogens (primary N) is 1. The Morgan fingerprint density at radius 3 is 2.50 bits per heavy atom. The molecule has 0 saturated carbocycles. The summed E-state index contributed by atoms with van der Waals surface area (Å²) in [5, 5.41) is 0. The minimum atomic E-state index is 0.821. The van der Waals surface area contributed by atoms with Gasteiger partial charge < -0.3 is 10.6 Å². The molecule has 2 rings (SSSR count). The van der Waals surface area contributed by atoms with Gasteiger partial charge in [-0.05, 0) is 61.3 Å². The first-order chi connectivity index (χ1) is 9.54. The number of likely N-dealkylation sites (N-methyl/N-ethyl adjacent to an activating group) is 1. The topological polar surface area (TPSA) is 29.3 Å². The van der Waals surface area contributed by atoms with Crippen molar-refractivity contribution in [1.29, 1.82) is 0 Å². The second-order valence-electron chi connectivity index (χ2n) is 5.30. The zero-order valence-electron chi connectivity index (χ0n) is 12.1. The third-order valence-electron chi connectivity index (χ3n) is 3.51. The number of nitrogen functional groups attached to an aromatic ring is 1. The molecule has 106 valence electrons. The predicted molar refractivity (Wildman–Crippen MR) is 89.8 cm³/mol. The zero-order chi connectivity index (χ0) is 14.5. The van der Waals surface area contributed by atoms with Crippen molar-refractivity contribution in [2.24, 2.45) is 0 Å². The average Bonchev–Trinajstić information content (AvgIpc) is 2.42. The minimum Gasteiger partial charge on any atom is -0.399 e. The lowest BCUT2D eigenvalue weighted by atomic mass is 10.1. The van der Waals surface area contributed by atoms with Gasteiger partial charge >= 0.3 is 0 Å². The fourth-order valence-electron chi connectivity index (χ4n) is 2.23. The molecule has 2 aromatic carbocycles. The smallest absolute Gasteiger partial charge is 0.0314 e. The van der Waals surface area contributed by atoms with Gasteiger partial charge in [-0.25, -0.2) is 0 Å². The van der Waals surface area contributed by atoms with E-state index in [-0.39, 0.29) is 0 Å². The van der Waals surface area contributed by atoms with Crippen molar-refractivity contribution in [1.82, 2.24) is 4.90 Å². The maximum absolute atomic E-state index is 5.70. The van der Waals surface area contributed by atoms with Crippen LogP contribution in [0.15, 0.2) is 46.9 Å². The maximum Gasteiger partial charge on any atom is 0.0314 e. The van der Waals surface area contributed by atoms with E-state index in [1.165, 1.54) is 16.7 Å². The minimum absolute atomic E-state index is 0.821. The van der Waals surface area contributed by atoms with Crippen LogP contribution in [-0.2, 0) is 13.0 Å². The van der Waals surface area contributed by atoms with Gasteiger partial charge in [0.15, 0.2) is 0 Å². The van der Waals surface area contributed by atoms with Crippen molar-refractivity contribution in [3.05, 3.63) is 63.6 Å². The Morgan fingerprint density at radius 1 is 1.10 bits per heavy atom. The van der Waals surface area contributed by atoms with Crippen molar-refractivity contribution in [3.8, 4) is 0 Å². The molecule has 0 aliphatic carbocycles. The molecule has 0 heterocycles. The summed E-state index contributed by atoms with van der Waals surface area (Å²) in [5.41, 5.74) is 10.6. The second-order valence-corrected chi connectivity index (χ2v) is 6.22. The van der Waals surface area contributed by atoms with Crippen LogP contribution < -0.4 is 5.73 Å². The molecule has 0 spiro atoms. The van der Waals surface area contributed by atoms with Crippen LogP contribution in [0.1, 0.15) is 16.7 Å². The third-order valence-corrected chi connectivity index (χ3v) is 4.00. The van der Waals surface area contributed by atoms with Gasteiger partial charge in [0, 0.05) is 23.2 Å². The van der Waals surface area contributed by atoms with Crippen LogP contribution in [-0.4, -0.2) is 18.5 Å². The van der Waals surface area contributed by atoms with Gasteiger partial charge in [-0.2, -0.15) is 0 Å². The Bertz CT molecular complexity index is 564. The summed E-state index contributed by atoms with van der Waals surface area (Å²) in [7, 11) is 2.16. The number of aryl methyl sites for hydroxylation is 1. The first-order valence-corrected chi connectivity index (χ1v) is 7.62. The molecule has 0 aliphatic heterocycles. The summed E-state index contributed by atoms with van der Waals surface area (Å²) in [5.74, 6) is 0. The third kappa shape index (κ3) is 4.36. The number of halogens is 1. The fraction of sp³-hybridized carbons (Fsp3) is 0.294. The van der Waals surface area contributed by atoms with Crippen LogP contribution in [0.4, 0.5) is 5.69 Å². The highest BCUT2D eigenvalue weighted by atomic mass is 79.9. The number of benzene rings is 2.